The molecule has 2 atom stereocenters. The molecular formula is C12H16N4O2. The van der Waals surface area contributed by atoms with Crippen LogP contribution in [0.5, 0.6) is 0 Å². The highest BCUT2D eigenvalue weighted by Crippen LogP contribution is 2.18. The second kappa shape index (κ2) is 4.62. The fraction of sp³-hybridized carbons (Fsp3) is 0.583. The largest absolute Gasteiger partial charge is 0.365 e. The van der Waals surface area contributed by atoms with Gasteiger partial charge in [-0.3, -0.25) is 9.69 Å². The Morgan fingerprint density at radius 3 is 3.00 bits per heavy atom. The fourth-order valence-electron chi connectivity index (χ4n) is 2.48. The van der Waals surface area contributed by atoms with Gasteiger partial charge in [-0.05, 0) is 6.92 Å². The Balaban J connectivity index is 1.62. The molecule has 0 saturated carbocycles. The summed E-state index contributed by atoms with van der Waals surface area (Å²) in [5, 5.41) is 2.97. The third-order valence-electron chi connectivity index (χ3n) is 3.36. The van der Waals surface area contributed by atoms with E-state index in [1.165, 1.54) is 0 Å². The third-order valence-corrected chi connectivity index (χ3v) is 3.36. The number of aryl methyl sites for hydroxylation is 1. The molecule has 2 fully saturated rings. The van der Waals surface area contributed by atoms with Crippen molar-refractivity contribution in [1.29, 1.82) is 0 Å². The van der Waals surface area contributed by atoms with Crippen molar-refractivity contribution in [2.24, 2.45) is 0 Å². The van der Waals surface area contributed by atoms with Gasteiger partial charge in [0.1, 0.15) is 12.4 Å². The zero-order valence-corrected chi connectivity index (χ0v) is 10.3. The van der Waals surface area contributed by atoms with E-state index in [9.17, 15) is 4.79 Å². The van der Waals surface area contributed by atoms with E-state index in [2.05, 4.69) is 20.2 Å². The summed E-state index contributed by atoms with van der Waals surface area (Å²) in [6.45, 7) is 4.52. The van der Waals surface area contributed by atoms with Gasteiger partial charge < -0.3 is 10.1 Å². The van der Waals surface area contributed by atoms with Gasteiger partial charge in [0.05, 0.1) is 12.1 Å². The summed E-state index contributed by atoms with van der Waals surface area (Å²) >= 11 is 0. The van der Waals surface area contributed by atoms with Crippen molar-refractivity contribution < 1.29 is 9.53 Å². The molecule has 1 aromatic rings. The van der Waals surface area contributed by atoms with E-state index in [-0.39, 0.29) is 24.7 Å². The molecule has 96 valence electrons. The zero-order valence-electron chi connectivity index (χ0n) is 10.3. The van der Waals surface area contributed by atoms with Crippen LogP contribution in [-0.4, -0.2) is 52.6 Å². The second-order valence-corrected chi connectivity index (χ2v) is 4.86. The maximum absolute atomic E-state index is 11.2. The highest BCUT2D eigenvalue weighted by atomic mass is 16.5. The number of nitrogens with one attached hydrogen (secondary N) is 1. The summed E-state index contributed by atoms with van der Waals surface area (Å²) in [4.78, 5) is 21.9. The topological polar surface area (TPSA) is 67.4 Å². The van der Waals surface area contributed by atoms with Crippen LogP contribution in [0.3, 0.4) is 0 Å². The molecule has 3 heterocycles. The first-order valence-electron chi connectivity index (χ1n) is 6.11. The second-order valence-electron chi connectivity index (χ2n) is 4.86. The van der Waals surface area contributed by atoms with Gasteiger partial charge in [-0.2, -0.15) is 0 Å². The van der Waals surface area contributed by atoms with Crippen LogP contribution in [0.25, 0.3) is 0 Å². The Morgan fingerprint density at radius 1 is 1.44 bits per heavy atom. The lowest BCUT2D eigenvalue weighted by Crippen LogP contribution is -2.50. The molecule has 1 amide bonds. The Kier molecular flexibility index (Phi) is 2.97. The van der Waals surface area contributed by atoms with Crippen molar-refractivity contribution in [2.45, 2.75) is 25.6 Å². The number of likely N-dealkylation sites (tertiary alicyclic amines) is 1. The number of fused-ring (bicyclic) bond motifs is 1. The minimum atomic E-state index is -0.0169. The summed E-state index contributed by atoms with van der Waals surface area (Å²) in [5.41, 5.74) is 1.09. The molecule has 0 bridgehead atoms. The quantitative estimate of drug-likeness (QED) is 0.763. The number of carbonyl (C=O) groups excluding carboxylic acids is 1. The van der Waals surface area contributed by atoms with Gasteiger partial charge in [-0.15, -0.1) is 0 Å². The van der Waals surface area contributed by atoms with E-state index in [1.807, 2.05) is 19.3 Å². The number of morpholine rings is 1. The molecule has 6 heteroatoms. The normalized spacial score (nSPS) is 27.9. The molecule has 0 radical (unpaired) electrons. The fourth-order valence-corrected chi connectivity index (χ4v) is 2.48. The van der Waals surface area contributed by atoms with Gasteiger partial charge in [0.2, 0.25) is 5.91 Å². The summed E-state index contributed by atoms with van der Waals surface area (Å²) in [5.74, 6) is 0.765. The summed E-state index contributed by atoms with van der Waals surface area (Å²) < 4.78 is 5.52. The van der Waals surface area contributed by atoms with Crippen LogP contribution in [0, 0.1) is 6.92 Å². The van der Waals surface area contributed by atoms with Gasteiger partial charge in [-0.1, -0.05) is 0 Å². The van der Waals surface area contributed by atoms with Crippen LogP contribution in [0.1, 0.15) is 11.4 Å². The Labute approximate surface area is 105 Å². The van der Waals surface area contributed by atoms with Gasteiger partial charge in [0.15, 0.2) is 0 Å². The first-order valence-corrected chi connectivity index (χ1v) is 6.11. The lowest BCUT2D eigenvalue weighted by molar-refractivity contribution is -0.134. The first kappa shape index (κ1) is 11.6. The molecule has 2 saturated heterocycles. The van der Waals surface area contributed by atoms with Gasteiger partial charge in [0.25, 0.3) is 0 Å². The molecule has 0 unspecified atom stereocenters. The average Bonchev–Trinajstić information content (AvgIpc) is 2.73. The van der Waals surface area contributed by atoms with E-state index in [4.69, 9.17) is 4.74 Å². The summed E-state index contributed by atoms with van der Waals surface area (Å²) in [6.07, 6.45) is 3.82. The number of rotatable bonds is 2. The molecule has 2 aliphatic rings. The number of ether oxygens (including phenoxy) is 1. The van der Waals surface area contributed by atoms with Crippen molar-refractivity contribution in [3.8, 4) is 0 Å². The molecule has 6 nitrogen and oxygen atoms in total. The van der Waals surface area contributed by atoms with Gasteiger partial charge in [-0.25, -0.2) is 9.97 Å². The molecule has 0 aromatic carbocycles. The molecule has 3 rings (SSSR count). The monoisotopic (exact) mass is 248 g/mol. The SMILES string of the molecule is Cc1ncc(CN2C[C@@H]3NC(=O)CO[C@H]3C2)cn1. The number of nitrogens with zero attached hydrogens (tertiary/aromatic N) is 3. The molecule has 1 N–H and O–H groups in total. The van der Waals surface area contributed by atoms with Crippen LogP contribution in [0.4, 0.5) is 0 Å². The minimum Gasteiger partial charge on any atom is -0.365 e. The number of hydrogen-bond acceptors (Lipinski definition) is 5. The maximum atomic E-state index is 11.2. The summed E-state index contributed by atoms with van der Waals surface area (Å²) in [7, 11) is 0. The Bertz CT molecular complexity index is 448. The van der Waals surface area contributed by atoms with E-state index in [1.54, 1.807) is 0 Å². The van der Waals surface area contributed by atoms with Crippen molar-refractivity contribution in [2.75, 3.05) is 19.7 Å². The third kappa shape index (κ3) is 2.34. The molecule has 2 aliphatic heterocycles. The van der Waals surface area contributed by atoms with E-state index in [0.29, 0.717) is 0 Å². The lowest BCUT2D eigenvalue weighted by Gasteiger charge is -2.25. The molecule has 0 aliphatic carbocycles. The van der Waals surface area contributed by atoms with Crippen LogP contribution >= 0.6 is 0 Å². The van der Waals surface area contributed by atoms with E-state index >= 15 is 0 Å². The smallest absolute Gasteiger partial charge is 0.246 e. The molecule has 1 aromatic heterocycles. The van der Waals surface area contributed by atoms with Gasteiger partial charge in [0, 0.05) is 37.6 Å². The van der Waals surface area contributed by atoms with Crippen molar-refractivity contribution >= 4 is 5.91 Å². The Hall–Kier alpha value is -1.53. The lowest BCUT2D eigenvalue weighted by atomic mass is 10.2. The Morgan fingerprint density at radius 2 is 2.22 bits per heavy atom. The van der Waals surface area contributed by atoms with Crippen LogP contribution in [0.15, 0.2) is 12.4 Å². The summed E-state index contributed by atoms with van der Waals surface area (Å²) in [6, 6.07) is 0.123. The number of aromatic nitrogens is 2. The van der Waals surface area contributed by atoms with Crippen LogP contribution < -0.4 is 5.32 Å². The number of amides is 1. The van der Waals surface area contributed by atoms with Crippen molar-refractivity contribution in [3.63, 3.8) is 0 Å². The standard InChI is InChI=1S/C12H16N4O2/c1-8-13-2-9(3-14-8)4-16-5-10-11(6-16)18-7-12(17)15-10/h2-3,10-11H,4-7H2,1H3,(H,15,17)/t10-,11-/m0/s1. The maximum Gasteiger partial charge on any atom is 0.246 e. The number of hydrogen-bond donors (Lipinski definition) is 1. The van der Waals surface area contributed by atoms with E-state index in [0.717, 1.165) is 31.0 Å². The van der Waals surface area contributed by atoms with Crippen molar-refractivity contribution in [1.82, 2.24) is 20.2 Å². The molecule has 18 heavy (non-hydrogen) atoms. The van der Waals surface area contributed by atoms with Crippen LogP contribution in [-0.2, 0) is 16.1 Å². The zero-order chi connectivity index (χ0) is 12.5. The van der Waals surface area contributed by atoms with Gasteiger partial charge >= 0.3 is 0 Å². The van der Waals surface area contributed by atoms with E-state index < -0.39 is 0 Å². The molecular weight excluding hydrogens is 232 g/mol. The minimum absolute atomic E-state index is 0.0169. The van der Waals surface area contributed by atoms with Crippen molar-refractivity contribution in [3.05, 3.63) is 23.8 Å². The predicted molar refractivity (Wildman–Crippen MR) is 63.7 cm³/mol. The predicted octanol–water partition coefficient (Wildman–Crippen LogP) is -0.516. The number of carbonyl (C=O) groups is 1. The average molecular weight is 248 g/mol. The highest BCUT2D eigenvalue weighted by molar-refractivity contribution is 5.78. The van der Waals surface area contributed by atoms with Crippen LogP contribution in [0.2, 0.25) is 0 Å². The first-order chi connectivity index (χ1) is 8.70. The molecule has 0 spiro atoms. The highest BCUT2D eigenvalue weighted by Gasteiger charge is 2.37.